The molecule has 1 aliphatic rings. The first-order valence-electron chi connectivity index (χ1n) is 7.40. The summed E-state index contributed by atoms with van der Waals surface area (Å²) in [7, 11) is 0. The topological polar surface area (TPSA) is 68.7 Å². The molecule has 2 aromatic heterocycles. The van der Waals surface area contributed by atoms with E-state index in [1.165, 1.54) is 4.90 Å². The zero-order valence-electron chi connectivity index (χ0n) is 12.8. The van der Waals surface area contributed by atoms with E-state index in [0.717, 1.165) is 12.0 Å². The number of halogens is 3. The van der Waals surface area contributed by atoms with Crippen molar-refractivity contribution in [3.63, 3.8) is 0 Å². The summed E-state index contributed by atoms with van der Waals surface area (Å²) in [4.78, 5) is 13.9. The van der Waals surface area contributed by atoms with Gasteiger partial charge in [0, 0.05) is 13.0 Å². The quantitative estimate of drug-likeness (QED) is 0.856. The van der Waals surface area contributed by atoms with E-state index in [-0.39, 0.29) is 19.8 Å². The van der Waals surface area contributed by atoms with Crippen LogP contribution in [0.2, 0.25) is 0 Å². The molecule has 0 radical (unpaired) electrons. The molecule has 1 atom stereocenters. The van der Waals surface area contributed by atoms with Crippen molar-refractivity contribution in [2.45, 2.75) is 25.6 Å². The van der Waals surface area contributed by atoms with Gasteiger partial charge < -0.3 is 18.6 Å². The van der Waals surface area contributed by atoms with Gasteiger partial charge in [0.05, 0.1) is 13.2 Å². The molecule has 1 fully saturated rings. The predicted octanol–water partition coefficient (Wildman–Crippen LogP) is 3.06. The number of rotatable bonds is 3. The second-order valence-corrected chi connectivity index (χ2v) is 5.32. The maximum absolute atomic E-state index is 12.9. The number of nitrogens with zero attached hydrogens (tertiary/aromatic N) is 2. The van der Waals surface area contributed by atoms with E-state index >= 15 is 0 Å². The lowest BCUT2D eigenvalue weighted by atomic mass is 10.1. The minimum absolute atomic E-state index is 0.147. The zero-order valence-corrected chi connectivity index (χ0v) is 12.8. The number of furan rings is 1. The van der Waals surface area contributed by atoms with Gasteiger partial charge in [0.15, 0.2) is 5.69 Å². The summed E-state index contributed by atoms with van der Waals surface area (Å²) in [6, 6.07) is 2.88. The Bertz CT molecular complexity index is 722. The highest BCUT2D eigenvalue weighted by molar-refractivity contribution is 5.95. The van der Waals surface area contributed by atoms with Crippen LogP contribution in [0.1, 0.15) is 40.5 Å². The molecule has 0 aliphatic carbocycles. The zero-order chi connectivity index (χ0) is 17.3. The van der Waals surface area contributed by atoms with Crippen molar-refractivity contribution in [3.05, 3.63) is 41.2 Å². The molecule has 24 heavy (non-hydrogen) atoms. The van der Waals surface area contributed by atoms with Crippen molar-refractivity contribution in [1.82, 2.24) is 10.1 Å². The molecule has 1 unspecified atom stereocenters. The first-order valence-corrected chi connectivity index (χ1v) is 7.40. The normalized spacial score (nSPS) is 18.8. The monoisotopic (exact) mass is 344 g/mol. The summed E-state index contributed by atoms with van der Waals surface area (Å²) in [6.07, 6.45) is -3.37. The molecule has 0 aromatic carbocycles. The minimum atomic E-state index is -4.76. The van der Waals surface area contributed by atoms with Crippen LogP contribution >= 0.6 is 0 Å². The number of carbonyl (C=O) groups is 1. The van der Waals surface area contributed by atoms with Gasteiger partial charge in [-0.15, -0.1) is 0 Å². The van der Waals surface area contributed by atoms with E-state index in [4.69, 9.17) is 9.15 Å². The number of amides is 1. The Hall–Kier alpha value is -2.29. The molecule has 130 valence electrons. The van der Waals surface area contributed by atoms with Crippen molar-refractivity contribution in [2.24, 2.45) is 0 Å². The number of alkyl halides is 3. The third kappa shape index (κ3) is 3.03. The van der Waals surface area contributed by atoms with Gasteiger partial charge in [-0.3, -0.25) is 4.79 Å². The van der Waals surface area contributed by atoms with Crippen LogP contribution in [-0.2, 0) is 17.3 Å². The molecule has 0 spiro atoms. The maximum atomic E-state index is 12.9. The van der Waals surface area contributed by atoms with Gasteiger partial charge in [0.1, 0.15) is 29.4 Å². The van der Waals surface area contributed by atoms with E-state index < -0.39 is 29.4 Å². The van der Waals surface area contributed by atoms with Crippen molar-refractivity contribution < 1.29 is 31.6 Å². The van der Waals surface area contributed by atoms with Gasteiger partial charge in [0.25, 0.3) is 5.91 Å². The van der Waals surface area contributed by atoms with Crippen LogP contribution in [0.4, 0.5) is 13.2 Å². The van der Waals surface area contributed by atoms with Crippen LogP contribution < -0.4 is 0 Å². The Morgan fingerprint density at radius 1 is 1.42 bits per heavy atom. The average molecular weight is 344 g/mol. The van der Waals surface area contributed by atoms with Crippen molar-refractivity contribution >= 4 is 5.91 Å². The second kappa shape index (κ2) is 6.31. The van der Waals surface area contributed by atoms with Crippen LogP contribution in [0.25, 0.3) is 0 Å². The van der Waals surface area contributed by atoms with E-state index in [2.05, 4.69) is 9.68 Å². The summed E-state index contributed by atoms with van der Waals surface area (Å²) < 4.78 is 54.2. The summed E-state index contributed by atoms with van der Waals surface area (Å²) in [6.45, 7) is 2.44. The van der Waals surface area contributed by atoms with Gasteiger partial charge in [0.2, 0.25) is 0 Å². The third-order valence-corrected chi connectivity index (χ3v) is 3.82. The Morgan fingerprint density at radius 3 is 2.88 bits per heavy atom. The van der Waals surface area contributed by atoms with Crippen LogP contribution in [0.15, 0.2) is 27.3 Å². The second-order valence-electron chi connectivity index (χ2n) is 5.32. The molecule has 1 amide bonds. The SMILES string of the molecule is CCc1ccc(C2COCCN2C(=O)c2conc2C(F)(F)F)o1. The van der Waals surface area contributed by atoms with Gasteiger partial charge >= 0.3 is 6.18 Å². The number of hydrogen-bond donors (Lipinski definition) is 0. The Morgan fingerprint density at radius 2 is 2.21 bits per heavy atom. The molecule has 0 N–H and O–H groups in total. The largest absolute Gasteiger partial charge is 0.464 e. The molecule has 3 heterocycles. The fourth-order valence-electron chi connectivity index (χ4n) is 2.59. The van der Waals surface area contributed by atoms with Gasteiger partial charge in [-0.05, 0) is 12.1 Å². The summed E-state index contributed by atoms with van der Waals surface area (Å²) in [5, 5.41) is 2.92. The molecule has 1 saturated heterocycles. The molecule has 6 nitrogen and oxygen atoms in total. The summed E-state index contributed by atoms with van der Waals surface area (Å²) in [5.41, 5.74) is -1.94. The first kappa shape index (κ1) is 16.6. The maximum Gasteiger partial charge on any atom is 0.437 e. The fourth-order valence-corrected chi connectivity index (χ4v) is 2.59. The van der Waals surface area contributed by atoms with Crippen molar-refractivity contribution in [1.29, 1.82) is 0 Å². The summed E-state index contributed by atoms with van der Waals surface area (Å²) in [5.74, 6) is 0.389. The molecule has 0 bridgehead atoms. The van der Waals surface area contributed by atoms with E-state index in [1.54, 1.807) is 12.1 Å². The standard InChI is InChI=1S/C15H15F3N2O4/c1-2-9-3-4-12(24-9)11-8-22-6-5-20(11)14(21)10-7-23-19-13(10)15(16,17)18/h3-4,7,11H,2,5-6,8H2,1H3. The Labute approximate surface area is 135 Å². The van der Waals surface area contributed by atoms with E-state index in [9.17, 15) is 18.0 Å². The lowest BCUT2D eigenvalue weighted by Crippen LogP contribution is -2.43. The smallest absolute Gasteiger partial charge is 0.437 e. The Balaban J connectivity index is 1.91. The predicted molar refractivity (Wildman–Crippen MR) is 74.2 cm³/mol. The number of ether oxygens (including phenoxy) is 1. The van der Waals surface area contributed by atoms with Crippen LogP contribution in [0, 0.1) is 0 Å². The number of hydrogen-bond acceptors (Lipinski definition) is 5. The van der Waals surface area contributed by atoms with E-state index in [0.29, 0.717) is 12.2 Å². The minimum Gasteiger partial charge on any atom is -0.464 e. The molecule has 9 heteroatoms. The first-order chi connectivity index (χ1) is 11.4. The molecular weight excluding hydrogens is 329 g/mol. The van der Waals surface area contributed by atoms with Crippen LogP contribution in [0.5, 0.6) is 0 Å². The lowest BCUT2D eigenvalue weighted by molar-refractivity contribution is -0.143. The molecule has 1 aliphatic heterocycles. The van der Waals surface area contributed by atoms with Gasteiger partial charge in [-0.1, -0.05) is 12.1 Å². The van der Waals surface area contributed by atoms with Crippen molar-refractivity contribution in [2.75, 3.05) is 19.8 Å². The fraction of sp³-hybridized carbons (Fsp3) is 0.467. The highest BCUT2D eigenvalue weighted by Crippen LogP contribution is 2.33. The highest BCUT2D eigenvalue weighted by atomic mass is 19.4. The third-order valence-electron chi connectivity index (χ3n) is 3.82. The number of aryl methyl sites for hydroxylation is 1. The average Bonchev–Trinajstić information content (AvgIpc) is 3.22. The van der Waals surface area contributed by atoms with Gasteiger partial charge in [-0.25, -0.2) is 0 Å². The van der Waals surface area contributed by atoms with Crippen LogP contribution in [-0.4, -0.2) is 35.7 Å². The Kier molecular flexibility index (Phi) is 4.35. The highest BCUT2D eigenvalue weighted by Gasteiger charge is 2.42. The molecule has 3 rings (SSSR count). The van der Waals surface area contributed by atoms with Crippen LogP contribution in [0.3, 0.4) is 0 Å². The number of aromatic nitrogens is 1. The lowest BCUT2D eigenvalue weighted by Gasteiger charge is -2.34. The van der Waals surface area contributed by atoms with E-state index in [1.807, 2.05) is 6.92 Å². The van der Waals surface area contributed by atoms with Crippen molar-refractivity contribution in [3.8, 4) is 0 Å². The molecule has 0 saturated carbocycles. The molecule has 2 aromatic rings. The number of morpholine rings is 1. The van der Waals surface area contributed by atoms with Gasteiger partial charge in [-0.2, -0.15) is 13.2 Å². The molecular formula is C15H15F3N2O4. The number of carbonyl (C=O) groups excluding carboxylic acids is 1. The summed E-state index contributed by atoms with van der Waals surface area (Å²) >= 11 is 0.